The third-order valence-electron chi connectivity index (χ3n) is 3.18. The normalized spacial score (nSPS) is 11.1. The minimum Gasteiger partial charge on any atom is -0.310 e. The second kappa shape index (κ2) is 4.63. The molecule has 0 unspecified atom stereocenters. The minimum atomic E-state index is -0.0370. The Hall–Kier alpha value is -1.94. The molecule has 1 aromatic carbocycles. The van der Waals surface area contributed by atoms with Gasteiger partial charge in [0.25, 0.3) is 5.56 Å². The van der Waals surface area contributed by atoms with Gasteiger partial charge in [0.15, 0.2) is 0 Å². The number of aromatic nitrogens is 2. The number of hydrogen-bond donors (Lipinski definition) is 1. The second-order valence-electron chi connectivity index (χ2n) is 4.45. The van der Waals surface area contributed by atoms with E-state index in [2.05, 4.69) is 9.97 Å². The second-order valence-corrected chi connectivity index (χ2v) is 5.65. The number of H-pyrrole nitrogens is 1. The average Bonchev–Trinajstić information content (AvgIpc) is 2.76. The number of nitrogens with zero attached hydrogens (tertiary/aromatic N) is 1. The van der Waals surface area contributed by atoms with Gasteiger partial charge >= 0.3 is 0 Å². The molecule has 0 amide bonds. The maximum Gasteiger partial charge on any atom is 0.260 e. The van der Waals surface area contributed by atoms with E-state index < -0.39 is 0 Å². The maximum atomic E-state index is 12.3. The molecule has 4 heteroatoms. The van der Waals surface area contributed by atoms with Gasteiger partial charge in [0.2, 0.25) is 0 Å². The predicted octanol–water partition coefficient (Wildman–Crippen LogP) is 3.52. The summed E-state index contributed by atoms with van der Waals surface area (Å²) >= 11 is 1.59. The van der Waals surface area contributed by atoms with Gasteiger partial charge in [-0.25, -0.2) is 4.98 Å². The molecule has 3 nitrogen and oxygen atoms in total. The monoisotopic (exact) mass is 270 g/mol. The molecule has 0 aliphatic rings. The Morgan fingerprint density at radius 2 is 2.00 bits per heavy atom. The highest BCUT2D eigenvalue weighted by Gasteiger charge is 2.15. The van der Waals surface area contributed by atoms with E-state index in [0.717, 1.165) is 33.1 Å². The molecule has 0 aliphatic heterocycles. The molecular weight excluding hydrogens is 256 g/mol. The standard InChI is InChI=1S/C15H14N2OS/c1-3-11-16-14(18)13-12(9(2)19-15(13)17-11)10-7-5-4-6-8-10/h4-8H,3H2,1-2H3,(H,16,17,18). The van der Waals surface area contributed by atoms with Gasteiger partial charge in [0.05, 0.1) is 5.39 Å². The average molecular weight is 270 g/mol. The first-order chi connectivity index (χ1) is 9.20. The summed E-state index contributed by atoms with van der Waals surface area (Å²) in [6.07, 6.45) is 0.739. The lowest BCUT2D eigenvalue weighted by atomic mass is 10.0. The van der Waals surface area contributed by atoms with Gasteiger partial charge in [0.1, 0.15) is 10.7 Å². The molecule has 1 N–H and O–H groups in total. The number of rotatable bonds is 2. The van der Waals surface area contributed by atoms with Crippen molar-refractivity contribution in [3.05, 3.63) is 51.4 Å². The first-order valence-corrected chi connectivity index (χ1v) is 7.10. The van der Waals surface area contributed by atoms with Gasteiger partial charge < -0.3 is 4.98 Å². The van der Waals surface area contributed by atoms with Gasteiger partial charge in [-0.3, -0.25) is 4.79 Å². The molecule has 0 spiro atoms. The van der Waals surface area contributed by atoms with E-state index in [-0.39, 0.29) is 5.56 Å². The Balaban J connectivity index is 2.38. The SMILES string of the molecule is CCc1nc2sc(C)c(-c3ccccc3)c2c(=O)[nH]1. The zero-order chi connectivity index (χ0) is 13.4. The number of benzene rings is 1. The van der Waals surface area contributed by atoms with Crippen LogP contribution in [-0.4, -0.2) is 9.97 Å². The number of aromatic amines is 1. The van der Waals surface area contributed by atoms with Crippen molar-refractivity contribution in [1.82, 2.24) is 9.97 Å². The van der Waals surface area contributed by atoms with Crippen LogP contribution in [-0.2, 0) is 6.42 Å². The smallest absolute Gasteiger partial charge is 0.260 e. The summed E-state index contributed by atoms with van der Waals surface area (Å²) in [5, 5.41) is 0.714. The highest BCUT2D eigenvalue weighted by molar-refractivity contribution is 7.19. The number of aryl methyl sites for hydroxylation is 2. The van der Waals surface area contributed by atoms with E-state index >= 15 is 0 Å². The van der Waals surface area contributed by atoms with Crippen LogP contribution >= 0.6 is 11.3 Å². The largest absolute Gasteiger partial charge is 0.310 e. The van der Waals surface area contributed by atoms with Gasteiger partial charge in [-0.2, -0.15) is 0 Å². The Morgan fingerprint density at radius 1 is 1.26 bits per heavy atom. The van der Waals surface area contributed by atoms with E-state index in [1.807, 2.05) is 44.2 Å². The highest BCUT2D eigenvalue weighted by Crippen LogP contribution is 2.35. The van der Waals surface area contributed by atoms with Crippen molar-refractivity contribution in [3.63, 3.8) is 0 Å². The molecule has 19 heavy (non-hydrogen) atoms. The van der Waals surface area contributed by atoms with E-state index in [4.69, 9.17) is 0 Å². The van der Waals surface area contributed by atoms with Crippen LogP contribution in [0.15, 0.2) is 35.1 Å². The van der Waals surface area contributed by atoms with Crippen molar-refractivity contribution >= 4 is 21.6 Å². The predicted molar refractivity (Wildman–Crippen MR) is 79.8 cm³/mol. The van der Waals surface area contributed by atoms with Crippen LogP contribution < -0.4 is 5.56 Å². The number of nitrogens with one attached hydrogen (secondary N) is 1. The van der Waals surface area contributed by atoms with E-state index in [0.29, 0.717) is 5.39 Å². The Morgan fingerprint density at radius 3 is 2.68 bits per heavy atom. The van der Waals surface area contributed by atoms with Crippen LogP contribution in [0.25, 0.3) is 21.3 Å². The molecule has 3 aromatic rings. The molecule has 0 radical (unpaired) electrons. The van der Waals surface area contributed by atoms with Crippen molar-refractivity contribution in [1.29, 1.82) is 0 Å². The van der Waals surface area contributed by atoms with Crippen LogP contribution in [0.5, 0.6) is 0 Å². The molecule has 3 rings (SSSR count). The fourth-order valence-corrected chi connectivity index (χ4v) is 3.35. The summed E-state index contributed by atoms with van der Waals surface area (Å²) in [7, 11) is 0. The maximum absolute atomic E-state index is 12.3. The fourth-order valence-electron chi connectivity index (χ4n) is 2.28. The highest BCUT2D eigenvalue weighted by atomic mass is 32.1. The Kier molecular flexibility index (Phi) is 2.95. The molecule has 0 aliphatic carbocycles. The minimum absolute atomic E-state index is 0.0370. The third-order valence-corrected chi connectivity index (χ3v) is 4.18. The summed E-state index contributed by atoms with van der Waals surface area (Å²) in [6, 6.07) is 10.0. The van der Waals surface area contributed by atoms with Crippen molar-refractivity contribution in [3.8, 4) is 11.1 Å². The van der Waals surface area contributed by atoms with Crippen LogP contribution in [0.1, 0.15) is 17.6 Å². The van der Waals surface area contributed by atoms with E-state index in [1.54, 1.807) is 11.3 Å². The van der Waals surface area contributed by atoms with Crippen LogP contribution in [0.2, 0.25) is 0 Å². The summed E-state index contributed by atoms with van der Waals surface area (Å²) in [5.74, 6) is 0.748. The molecule has 0 saturated carbocycles. The molecule has 0 fully saturated rings. The summed E-state index contributed by atoms with van der Waals surface area (Å²) in [6.45, 7) is 4.03. The molecule has 0 bridgehead atoms. The van der Waals surface area contributed by atoms with Crippen molar-refractivity contribution in [2.75, 3.05) is 0 Å². The van der Waals surface area contributed by atoms with Crippen molar-refractivity contribution in [2.45, 2.75) is 20.3 Å². The van der Waals surface area contributed by atoms with Crippen molar-refractivity contribution < 1.29 is 0 Å². The lowest BCUT2D eigenvalue weighted by Gasteiger charge is -2.01. The lowest BCUT2D eigenvalue weighted by molar-refractivity contribution is 0.948. The molecule has 0 atom stereocenters. The summed E-state index contributed by atoms with van der Waals surface area (Å²) < 4.78 is 0. The zero-order valence-corrected chi connectivity index (χ0v) is 11.7. The first kappa shape index (κ1) is 12.1. The lowest BCUT2D eigenvalue weighted by Crippen LogP contribution is -2.10. The van der Waals surface area contributed by atoms with Gasteiger partial charge in [-0.1, -0.05) is 37.3 Å². The quantitative estimate of drug-likeness (QED) is 0.774. The van der Waals surface area contributed by atoms with E-state index in [1.165, 1.54) is 0 Å². The van der Waals surface area contributed by atoms with Crippen LogP contribution in [0.3, 0.4) is 0 Å². The Labute approximate surface area is 115 Å². The van der Waals surface area contributed by atoms with Crippen molar-refractivity contribution in [2.24, 2.45) is 0 Å². The molecule has 2 aromatic heterocycles. The molecule has 96 valence electrons. The van der Waals surface area contributed by atoms with Gasteiger partial charge in [0, 0.05) is 16.9 Å². The van der Waals surface area contributed by atoms with Crippen LogP contribution in [0.4, 0.5) is 0 Å². The zero-order valence-electron chi connectivity index (χ0n) is 10.9. The molecule has 2 heterocycles. The van der Waals surface area contributed by atoms with E-state index in [9.17, 15) is 4.79 Å². The number of thiophene rings is 1. The summed E-state index contributed by atoms with van der Waals surface area (Å²) in [4.78, 5) is 21.6. The Bertz CT molecular complexity index is 787. The van der Waals surface area contributed by atoms with Gasteiger partial charge in [-0.15, -0.1) is 11.3 Å². The van der Waals surface area contributed by atoms with Crippen LogP contribution in [0, 0.1) is 6.92 Å². The first-order valence-electron chi connectivity index (χ1n) is 6.28. The molecular formula is C15H14N2OS. The fraction of sp³-hybridized carbons (Fsp3) is 0.200. The number of hydrogen-bond acceptors (Lipinski definition) is 3. The molecule has 0 saturated heterocycles. The topological polar surface area (TPSA) is 45.8 Å². The number of fused-ring (bicyclic) bond motifs is 1. The third kappa shape index (κ3) is 1.98. The summed E-state index contributed by atoms with van der Waals surface area (Å²) in [5.41, 5.74) is 2.05. The van der Waals surface area contributed by atoms with Gasteiger partial charge in [-0.05, 0) is 12.5 Å².